The molecule has 14 nitrogen and oxygen atoms in total. The fraction of sp³-hybridized carbons (Fsp3) is 0.444. The molecule has 6 rings (SSSR count). The van der Waals surface area contributed by atoms with Crippen LogP contribution in [0.3, 0.4) is 0 Å². The standard InChI is InChI=1S/C27H32FN9O5/c1-25(2)9-10-42-19-13(5-3-6-14(19)25)21(38)34-17-12-37-24(30)33-16(11-31-22(39)15-7-4-8-18(28)32-15)20-26(37,27(17,40)41)36-23(29)35-20/h3-8,16-17,20,40-41H,9-12H2,1-2H3,(H7,29,30,31,33,34,35,36,38,39)/p+2/t16-,17?,20-,26-/m0/s1. The monoisotopic (exact) mass is 583 g/mol. The third-order valence-corrected chi connectivity index (χ3v) is 8.65. The maximum absolute atomic E-state index is 13.6. The van der Waals surface area contributed by atoms with E-state index >= 15 is 0 Å². The number of para-hydroxylation sites is 1. The molecule has 1 aromatic heterocycles. The van der Waals surface area contributed by atoms with Gasteiger partial charge >= 0.3 is 11.9 Å². The molecular weight excluding hydrogens is 549 g/mol. The largest absolute Gasteiger partial charge is 0.492 e. The number of guanidine groups is 2. The number of nitrogens with zero attached hydrogens (tertiary/aromatic N) is 2. The maximum atomic E-state index is 13.6. The predicted molar refractivity (Wildman–Crippen MR) is 146 cm³/mol. The Kier molecular flexibility index (Phi) is 6.27. The molecule has 1 aromatic carbocycles. The predicted octanol–water partition coefficient (Wildman–Crippen LogP) is -4.13. The second kappa shape index (κ2) is 9.52. The van der Waals surface area contributed by atoms with E-state index in [1.807, 2.05) is 6.07 Å². The summed E-state index contributed by atoms with van der Waals surface area (Å²) in [6.45, 7) is 4.44. The molecule has 4 aliphatic heterocycles. The molecule has 2 amide bonds. The summed E-state index contributed by atoms with van der Waals surface area (Å²) in [6.07, 6.45) is 0.794. The molecule has 0 bridgehead atoms. The van der Waals surface area contributed by atoms with Crippen LogP contribution in [0.1, 0.15) is 46.7 Å². The van der Waals surface area contributed by atoms with Crippen LogP contribution in [0.15, 0.2) is 36.4 Å². The van der Waals surface area contributed by atoms with E-state index < -0.39 is 47.3 Å². The number of ether oxygens (including phenoxy) is 1. The van der Waals surface area contributed by atoms with Crippen molar-refractivity contribution in [1.82, 2.24) is 26.3 Å². The minimum atomic E-state index is -2.62. The summed E-state index contributed by atoms with van der Waals surface area (Å²) < 4.78 is 20.9. The van der Waals surface area contributed by atoms with Gasteiger partial charge in [-0.3, -0.25) is 31.4 Å². The number of carbonyl (C=O) groups is 2. The summed E-state index contributed by atoms with van der Waals surface area (Å²) in [5.41, 5.74) is 11.6. The molecular formula is C27H34FN9O5+2. The fourth-order valence-corrected chi connectivity index (χ4v) is 6.42. The highest BCUT2D eigenvalue weighted by atomic mass is 19.1. The first-order valence-corrected chi connectivity index (χ1v) is 13.6. The average Bonchev–Trinajstić information content (AvgIpc) is 3.40. The third-order valence-electron chi connectivity index (χ3n) is 8.65. The number of benzene rings is 1. The number of amides is 2. The molecule has 222 valence electrons. The van der Waals surface area contributed by atoms with E-state index in [4.69, 9.17) is 16.2 Å². The van der Waals surface area contributed by atoms with Crippen molar-refractivity contribution in [3.05, 3.63) is 59.2 Å². The minimum absolute atomic E-state index is 0.0387. The van der Waals surface area contributed by atoms with Crippen LogP contribution in [-0.4, -0.2) is 92.8 Å². The van der Waals surface area contributed by atoms with Gasteiger partial charge in [0.1, 0.15) is 23.5 Å². The summed E-state index contributed by atoms with van der Waals surface area (Å²) in [5.74, 6) is -4.03. The van der Waals surface area contributed by atoms with Gasteiger partial charge in [-0.25, -0.2) is 14.9 Å². The Morgan fingerprint density at radius 1 is 1.21 bits per heavy atom. The van der Waals surface area contributed by atoms with Gasteiger partial charge in [0.2, 0.25) is 5.95 Å². The van der Waals surface area contributed by atoms with Crippen molar-refractivity contribution in [3.63, 3.8) is 0 Å². The summed E-state index contributed by atoms with van der Waals surface area (Å²) in [7, 11) is 0. The summed E-state index contributed by atoms with van der Waals surface area (Å²) >= 11 is 0. The Hall–Kier alpha value is -4.50. The van der Waals surface area contributed by atoms with Gasteiger partial charge in [0.15, 0.2) is 6.04 Å². The number of hydrogen-bond donors (Lipinski definition) is 9. The first-order valence-electron chi connectivity index (χ1n) is 13.6. The Bertz CT molecular complexity index is 1540. The van der Waals surface area contributed by atoms with Crippen molar-refractivity contribution in [2.75, 3.05) is 19.7 Å². The van der Waals surface area contributed by atoms with E-state index in [0.29, 0.717) is 12.4 Å². The number of aromatic nitrogens is 1. The Morgan fingerprint density at radius 2 is 1.98 bits per heavy atom. The van der Waals surface area contributed by atoms with Gasteiger partial charge in [0, 0.05) is 5.56 Å². The lowest BCUT2D eigenvalue weighted by Gasteiger charge is -2.41. The maximum Gasteiger partial charge on any atom is 0.347 e. The van der Waals surface area contributed by atoms with Crippen molar-refractivity contribution in [1.29, 1.82) is 0 Å². The van der Waals surface area contributed by atoms with Crippen molar-refractivity contribution in [2.24, 2.45) is 11.5 Å². The van der Waals surface area contributed by atoms with Gasteiger partial charge in [-0.05, 0) is 30.0 Å². The molecule has 0 radical (unpaired) electrons. The van der Waals surface area contributed by atoms with Crippen LogP contribution in [0.5, 0.6) is 5.75 Å². The van der Waals surface area contributed by atoms with E-state index in [1.165, 1.54) is 16.7 Å². The van der Waals surface area contributed by atoms with Gasteiger partial charge in [0.05, 0.1) is 25.3 Å². The first-order chi connectivity index (χ1) is 19.8. The number of fused-ring (bicyclic) bond motifs is 1. The minimum Gasteiger partial charge on any atom is -0.492 e. The van der Waals surface area contributed by atoms with E-state index in [-0.39, 0.29) is 41.7 Å². The van der Waals surface area contributed by atoms with E-state index in [1.54, 1.807) is 12.1 Å². The van der Waals surface area contributed by atoms with Gasteiger partial charge < -0.3 is 25.6 Å². The third kappa shape index (κ3) is 4.10. The molecule has 0 saturated carbocycles. The molecule has 1 unspecified atom stereocenters. The van der Waals surface area contributed by atoms with E-state index in [0.717, 1.165) is 18.1 Å². The summed E-state index contributed by atoms with van der Waals surface area (Å²) in [5, 5.41) is 34.9. The topological polar surface area (TPSA) is 214 Å². The Balaban J connectivity index is 1.27. The first kappa shape index (κ1) is 27.7. The molecule has 5 heterocycles. The number of aliphatic hydroxyl groups is 2. The molecule has 2 aromatic rings. The molecule has 11 N–H and O–H groups in total. The van der Waals surface area contributed by atoms with Crippen LogP contribution < -0.4 is 42.5 Å². The fourth-order valence-electron chi connectivity index (χ4n) is 6.42. The molecule has 15 heteroatoms. The zero-order valence-corrected chi connectivity index (χ0v) is 23.1. The number of pyridine rings is 1. The van der Waals surface area contributed by atoms with E-state index in [2.05, 4.69) is 45.1 Å². The molecule has 1 saturated heterocycles. The Morgan fingerprint density at radius 3 is 2.74 bits per heavy atom. The van der Waals surface area contributed by atoms with Gasteiger partial charge in [-0.1, -0.05) is 32.0 Å². The molecule has 4 atom stereocenters. The lowest BCUT2D eigenvalue weighted by molar-refractivity contribution is -0.674. The molecule has 0 aliphatic carbocycles. The van der Waals surface area contributed by atoms with Crippen molar-refractivity contribution in [2.45, 2.75) is 55.3 Å². The number of rotatable bonds is 5. The summed E-state index contributed by atoms with van der Waals surface area (Å²) in [4.78, 5) is 32.8. The second-order valence-electron chi connectivity index (χ2n) is 11.6. The van der Waals surface area contributed by atoms with Gasteiger partial charge in [0.25, 0.3) is 23.3 Å². The average molecular weight is 584 g/mol. The smallest absolute Gasteiger partial charge is 0.347 e. The van der Waals surface area contributed by atoms with Crippen LogP contribution in [0, 0.1) is 5.95 Å². The van der Waals surface area contributed by atoms with Crippen LogP contribution in [0.25, 0.3) is 0 Å². The van der Waals surface area contributed by atoms with Crippen molar-refractivity contribution < 1.29 is 38.5 Å². The van der Waals surface area contributed by atoms with Crippen molar-refractivity contribution >= 4 is 23.7 Å². The molecule has 1 spiro atoms. The molecule has 1 fully saturated rings. The van der Waals surface area contributed by atoms with Crippen LogP contribution >= 0.6 is 0 Å². The SMILES string of the molecule is CC1(C)CCOc2c(C(=O)NC3C[N+]4=C(N)N[C@@H](CNC(=O)c5cccc(F)n5)[C@@H]5[NH+]=C(N)N[C@@]54C3(O)O)cccc21. The lowest BCUT2D eigenvalue weighted by Crippen LogP contribution is -2.92. The number of nitrogens with two attached hydrogens (primary N) is 2. The normalized spacial score (nSPS) is 28.2. The van der Waals surface area contributed by atoms with Gasteiger partial charge in [-0.15, -0.1) is 0 Å². The summed E-state index contributed by atoms with van der Waals surface area (Å²) in [6, 6.07) is 6.35. The number of hydrogen-bond acceptors (Lipinski definition) is 10. The highest BCUT2D eigenvalue weighted by molar-refractivity contribution is 5.98. The highest BCUT2D eigenvalue weighted by Crippen LogP contribution is 2.41. The van der Waals surface area contributed by atoms with Gasteiger partial charge in [-0.2, -0.15) is 4.39 Å². The molecule has 4 aliphatic rings. The molecule has 42 heavy (non-hydrogen) atoms. The second-order valence-corrected chi connectivity index (χ2v) is 11.6. The number of nitrogens with one attached hydrogen (secondary N) is 5. The highest BCUT2D eigenvalue weighted by Gasteiger charge is 2.78. The number of halogens is 1. The zero-order chi connectivity index (χ0) is 30.0. The number of carbonyl (C=O) groups excluding carboxylic acids is 2. The zero-order valence-electron chi connectivity index (χ0n) is 23.1. The van der Waals surface area contributed by atoms with Crippen LogP contribution in [0.4, 0.5) is 4.39 Å². The van der Waals surface area contributed by atoms with Crippen LogP contribution in [-0.2, 0) is 5.41 Å². The quantitative estimate of drug-likeness (QED) is 0.0942. The van der Waals surface area contributed by atoms with Crippen molar-refractivity contribution in [3.8, 4) is 5.75 Å². The Labute approximate surface area is 240 Å². The van der Waals surface area contributed by atoms with E-state index in [9.17, 15) is 24.2 Å². The lowest BCUT2D eigenvalue weighted by atomic mass is 9.79. The van der Waals surface area contributed by atoms with Crippen LogP contribution in [0.2, 0.25) is 0 Å².